The molecule has 0 aliphatic carbocycles. The summed E-state index contributed by atoms with van der Waals surface area (Å²) < 4.78 is 49.3. The SMILES string of the molecule is COCCNc1ncc(-c2ccc(Oc3ccc(NC(=O)Nc4cccc(C(F)(F)F)c4)cn3)cc2)s1. The molecule has 0 fully saturated rings. The fraction of sp³-hybridized carbons (Fsp3) is 0.160. The van der Waals surface area contributed by atoms with Crippen LogP contribution in [0, 0.1) is 0 Å². The van der Waals surface area contributed by atoms with Crippen LogP contribution in [0.1, 0.15) is 5.56 Å². The minimum Gasteiger partial charge on any atom is -0.439 e. The standard InChI is InChI=1S/C25H22F3N5O3S/c1-35-12-11-29-24-31-15-21(37-24)16-5-8-20(9-6-16)36-22-10-7-19(14-30-22)33-23(34)32-18-4-2-3-17(13-18)25(26,27)28/h2-10,13-15H,11-12H2,1H3,(H,29,31)(H2,32,33,34). The van der Waals surface area contributed by atoms with Gasteiger partial charge in [-0.3, -0.25) is 0 Å². The van der Waals surface area contributed by atoms with Crippen molar-refractivity contribution < 1.29 is 27.4 Å². The highest BCUT2D eigenvalue weighted by Gasteiger charge is 2.30. The Morgan fingerprint density at radius 2 is 1.76 bits per heavy atom. The predicted octanol–water partition coefficient (Wildman–Crippen LogP) is 6.72. The number of urea groups is 1. The third-order valence-corrected chi connectivity index (χ3v) is 5.90. The van der Waals surface area contributed by atoms with Gasteiger partial charge in [-0.25, -0.2) is 14.8 Å². The van der Waals surface area contributed by atoms with Gasteiger partial charge in [0, 0.05) is 31.6 Å². The predicted molar refractivity (Wildman–Crippen MR) is 136 cm³/mol. The Morgan fingerprint density at radius 1 is 0.973 bits per heavy atom. The number of thiazole rings is 1. The Balaban J connectivity index is 1.30. The molecule has 37 heavy (non-hydrogen) atoms. The number of nitrogens with zero attached hydrogens (tertiary/aromatic N) is 2. The van der Waals surface area contributed by atoms with Crippen molar-refractivity contribution in [1.82, 2.24) is 9.97 Å². The first-order valence-electron chi connectivity index (χ1n) is 11.0. The number of halogens is 3. The van der Waals surface area contributed by atoms with E-state index in [1.807, 2.05) is 24.3 Å². The van der Waals surface area contributed by atoms with Crippen molar-refractivity contribution in [2.75, 3.05) is 36.2 Å². The van der Waals surface area contributed by atoms with Gasteiger partial charge in [-0.1, -0.05) is 17.4 Å². The van der Waals surface area contributed by atoms with Crippen LogP contribution < -0.4 is 20.7 Å². The van der Waals surface area contributed by atoms with E-state index in [0.717, 1.165) is 27.7 Å². The van der Waals surface area contributed by atoms with Gasteiger partial charge in [0.25, 0.3) is 0 Å². The molecule has 0 unspecified atom stereocenters. The summed E-state index contributed by atoms with van der Waals surface area (Å²) in [6, 6.07) is 14.2. The Morgan fingerprint density at radius 3 is 2.46 bits per heavy atom. The Hall–Kier alpha value is -4.16. The van der Waals surface area contributed by atoms with Crippen LogP contribution >= 0.6 is 11.3 Å². The highest BCUT2D eigenvalue weighted by molar-refractivity contribution is 7.18. The lowest BCUT2D eigenvalue weighted by Gasteiger charge is -2.11. The summed E-state index contributed by atoms with van der Waals surface area (Å²) in [6.45, 7) is 1.27. The van der Waals surface area contributed by atoms with Gasteiger partial charge >= 0.3 is 12.2 Å². The molecule has 0 saturated heterocycles. The molecule has 2 amide bonds. The Labute approximate surface area is 214 Å². The minimum absolute atomic E-state index is 0.0144. The van der Waals surface area contributed by atoms with Gasteiger partial charge in [0.1, 0.15) is 5.75 Å². The zero-order chi connectivity index (χ0) is 26.3. The molecule has 2 aromatic carbocycles. The van der Waals surface area contributed by atoms with Gasteiger partial charge in [-0.05, 0) is 54.1 Å². The van der Waals surface area contributed by atoms with E-state index in [1.165, 1.54) is 29.7 Å². The van der Waals surface area contributed by atoms with Gasteiger partial charge in [0.05, 0.1) is 28.9 Å². The number of rotatable bonds is 9. The normalized spacial score (nSPS) is 11.1. The maximum absolute atomic E-state index is 12.8. The number of hydrogen-bond donors (Lipinski definition) is 3. The molecule has 2 heterocycles. The van der Waals surface area contributed by atoms with Crippen molar-refractivity contribution in [3.05, 3.63) is 78.6 Å². The van der Waals surface area contributed by atoms with Crippen LogP contribution in [0.2, 0.25) is 0 Å². The first-order chi connectivity index (χ1) is 17.8. The monoisotopic (exact) mass is 529 g/mol. The fourth-order valence-electron chi connectivity index (χ4n) is 3.14. The van der Waals surface area contributed by atoms with E-state index in [1.54, 1.807) is 25.4 Å². The maximum Gasteiger partial charge on any atom is 0.416 e. The topological polar surface area (TPSA) is 97.4 Å². The molecule has 3 N–H and O–H groups in total. The van der Waals surface area contributed by atoms with E-state index in [-0.39, 0.29) is 5.69 Å². The van der Waals surface area contributed by atoms with Crippen LogP contribution in [0.5, 0.6) is 11.6 Å². The largest absolute Gasteiger partial charge is 0.439 e. The van der Waals surface area contributed by atoms with Crippen LogP contribution in [0.15, 0.2) is 73.1 Å². The van der Waals surface area contributed by atoms with Crippen molar-refractivity contribution >= 4 is 33.9 Å². The van der Waals surface area contributed by atoms with Crippen LogP contribution in [0.25, 0.3) is 10.4 Å². The molecule has 0 radical (unpaired) electrons. The quantitative estimate of drug-likeness (QED) is 0.208. The number of methoxy groups -OCH3 is 1. The summed E-state index contributed by atoms with van der Waals surface area (Å²) in [5, 5.41) is 8.89. The number of carbonyl (C=O) groups is 1. The number of benzene rings is 2. The number of hydrogen-bond acceptors (Lipinski definition) is 7. The Kier molecular flexibility index (Phi) is 8.21. The fourth-order valence-corrected chi connectivity index (χ4v) is 3.99. The van der Waals surface area contributed by atoms with Crippen LogP contribution in [-0.4, -0.2) is 36.3 Å². The average molecular weight is 530 g/mol. The number of ether oxygens (including phenoxy) is 2. The first kappa shape index (κ1) is 25.9. The third kappa shape index (κ3) is 7.41. The van der Waals surface area contributed by atoms with Gasteiger partial charge in [0.2, 0.25) is 5.88 Å². The number of amides is 2. The zero-order valence-corrected chi connectivity index (χ0v) is 20.3. The van der Waals surface area contributed by atoms with Crippen molar-refractivity contribution in [1.29, 1.82) is 0 Å². The van der Waals surface area contributed by atoms with Crippen molar-refractivity contribution in [3.63, 3.8) is 0 Å². The molecule has 0 atom stereocenters. The molecular weight excluding hydrogens is 507 g/mol. The van der Waals surface area contributed by atoms with Crippen molar-refractivity contribution in [2.24, 2.45) is 0 Å². The summed E-state index contributed by atoms with van der Waals surface area (Å²) in [6.07, 6.45) is -1.32. The Bertz CT molecular complexity index is 1330. The second kappa shape index (κ2) is 11.7. The lowest BCUT2D eigenvalue weighted by molar-refractivity contribution is -0.137. The number of nitrogens with one attached hydrogen (secondary N) is 3. The van der Waals surface area contributed by atoms with Gasteiger partial charge in [-0.2, -0.15) is 13.2 Å². The second-order valence-electron chi connectivity index (χ2n) is 7.62. The number of pyridine rings is 1. The summed E-state index contributed by atoms with van der Waals surface area (Å²) in [5.74, 6) is 0.876. The van der Waals surface area contributed by atoms with Gasteiger partial charge < -0.3 is 25.4 Å². The molecule has 8 nitrogen and oxygen atoms in total. The minimum atomic E-state index is -4.50. The molecule has 0 bridgehead atoms. The summed E-state index contributed by atoms with van der Waals surface area (Å²) in [4.78, 5) is 21.7. The third-order valence-electron chi connectivity index (χ3n) is 4.89. The smallest absolute Gasteiger partial charge is 0.416 e. The van der Waals surface area contributed by atoms with E-state index in [4.69, 9.17) is 9.47 Å². The molecule has 2 aromatic heterocycles. The molecule has 4 rings (SSSR count). The van der Waals surface area contributed by atoms with Gasteiger partial charge in [-0.15, -0.1) is 0 Å². The van der Waals surface area contributed by atoms with E-state index >= 15 is 0 Å². The number of aromatic nitrogens is 2. The van der Waals surface area contributed by atoms with E-state index in [2.05, 4.69) is 25.9 Å². The second-order valence-corrected chi connectivity index (χ2v) is 8.65. The maximum atomic E-state index is 12.8. The first-order valence-corrected chi connectivity index (χ1v) is 11.8. The van der Waals surface area contributed by atoms with E-state index in [0.29, 0.717) is 30.5 Å². The molecule has 4 aromatic rings. The number of alkyl halides is 3. The highest BCUT2D eigenvalue weighted by Crippen LogP contribution is 2.32. The summed E-state index contributed by atoms with van der Waals surface area (Å²) in [5.41, 5.74) is 0.491. The van der Waals surface area contributed by atoms with Crippen molar-refractivity contribution in [2.45, 2.75) is 6.18 Å². The molecule has 0 saturated carbocycles. The summed E-state index contributed by atoms with van der Waals surface area (Å²) >= 11 is 1.53. The molecular formula is C25H22F3N5O3S. The van der Waals surface area contributed by atoms with Crippen LogP contribution in [-0.2, 0) is 10.9 Å². The summed E-state index contributed by atoms with van der Waals surface area (Å²) in [7, 11) is 1.64. The average Bonchev–Trinajstić information content (AvgIpc) is 3.34. The van der Waals surface area contributed by atoms with Crippen molar-refractivity contribution in [3.8, 4) is 22.1 Å². The molecule has 0 aliphatic heterocycles. The zero-order valence-electron chi connectivity index (χ0n) is 19.5. The molecule has 192 valence electrons. The van der Waals surface area contributed by atoms with E-state index in [9.17, 15) is 18.0 Å². The van der Waals surface area contributed by atoms with E-state index < -0.39 is 17.8 Å². The molecule has 12 heteroatoms. The number of carbonyl (C=O) groups excluding carboxylic acids is 1. The lowest BCUT2D eigenvalue weighted by Crippen LogP contribution is -2.19. The van der Waals surface area contributed by atoms with Crippen LogP contribution in [0.4, 0.5) is 34.5 Å². The number of anilines is 3. The van der Waals surface area contributed by atoms with Crippen LogP contribution in [0.3, 0.4) is 0 Å². The molecule has 0 spiro atoms. The molecule has 0 aliphatic rings. The van der Waals surface area contributed by atoms with Gasteiger partial charge in [0.15, 0.2) is 5.13 Å². The lowest BCUT2D eigenvalue weighted by atomic mass is 10.2. The highest BCUT2D eigenvalue weighted by atomic mass is 32.1.